The molecular formula is C22H17N2+. The molecule has 1 heterocycles. The molecule has 0 spiro atoms. The van der Waals surface area contributed by atoms with Crippen LogP contribution in [0.25, 0.3) is 37.6 Å². The van der Waals surface area contributed by atoms with Crippen LogP contribution in [0.4, 0.5) is 5.69 Å². The molecule has 3 aromatic carbocycles. The monoisotopic (exact) mass is 309 g/mol. The normalized spacial score (nSPS) is 10.9. The molecule has 24 heavy (non-hydrogen) atoms. The third kappa shape index (κ3) is 2.23. The van der Waals surface area contributed by atoms with E-state index < -0.39 is 0 Å². The van der Waals surface area contributed by atoms with Crippen molar-refractivity contribution in [3.8, 4) is 11.3 Å². The molecule has 1 N–H and O–H groups in total. The topological polar surface area (TPSA) is 18.5 Å². The Bertz CT molecular complexity index is 1120. The van der Waals surface area contributed by atoms with Crippen molar-refractivity contribution >= 4 is 27.2 Å². The molecular weight excluding hydrogens is 292 g/mol. The van der Waals surface area contributed by atoms with E-state index in [2.05, 4.69) is 54.0 Å². The number of fused-ring (bicyclic) bond motifs is 3. The number of aromatic nitrogens is 1. The maximum absolute atomic E-state index is 7.10. The molecule has 0 fully saturated rings. The lowest BCUT2D eigenvalue weighted by molar-refractivity contribution is -0.362. The summed E-state index contributed by atoms with van der Waals surface area (Å²) < 4.78 is 0. The van der Waals surface area contributed by atoms with Crippen LogP contribution >= 0.6 is 0 Å². The molecule has 4 aromatic rings. The molecule has 0 radical (unpaired) electrons. The van der Waals surface area contributed by atoms with Crippen LogP contribution in [0.1, 0.15) is 11.1 Å². The zero-order valence-corrected chi connectivity index (χ0v) is 13.7. The molecule has 0 aliphatic carbocycles. The highest BCUT2D eigenvalue weighted by molar-refractivity contribution is 6.11. The minimum absolute atomic E-state index is 0.663. The number of aryl methyl sites for hydroxylation is 2. The van der Waals surface area contributed by atoms with Crippen LogP contribution in [0, 0.1) is 20.4 Å². The lowest BCUT2D eigenvalue weighted by Crippen LogP contribution is -2.06. The first-order valence-electron chi connectivity index (χ1n) is 7.99. The van der Waals surface area contributed by atoms with Gasteiger partial charge in [-0.1, -0.05) is 48.0 Å². The first-order valence-corrected chi connectivity index (χ1v) is 7.99. The van der Waals surface area contributed by atoms with Crippen LogP contribution < -0.4 is 4.98 Å². The molecule has 0 aliphatic heterocycles. The Hall–Kier alpha value is -3.18. The molecule has 0 bridgehead atoms. The number of hydrogen-bond donors (Lipinski definition) is 0. The van der Waals surface area contributed by atoms with E-state index in [4.69, 9.17) is 6.57 Å². The van der Waals surface area contributed by atoms with E-state index in [1.807, 2.05) is 30.5 Å². The first-order chi connectivity index (χ1) is 11.7. The van der Waals surface area contributed by atoms with Gasteiger partial charge >= 0.3 is 0 Å². The Morgan fingerprint density at radius 2 is 1.54 bits per heavy atom. The first kappa shape index (κ1) is 14.4. The molecule has 0 aliphatic rings. The lowest BCUT2D eigenvalue weighted by Gasteiger charge is -2.08. The quantitative estimate of drug-likeness (QED) is 0.320. The predicted octanol–water partition coefficient (Wildman–Crippen LogP) is 5.64. The van der Waals surface area contributed by atoms with E-state index in [1.165, 1.54) is 32.7 Å². The summed E-state index contributed by atoms with van der Waals surface area (Å²) in [6.45, 7) is 11.4. The van der Waals surface area contributed by atoms with Crippen molar-refractivity contribution in [2.45, 2.75) is 13.8 Å². The molecule has 0 saturated heterocycles. The van der Waals surface area contributed by atoms with Gasteiger partial charge in [-0.15, -0.1) is 0 Å². The van der Waals surface area contributed by atoms with Crippen molar-refractivity contribution in [3.05, 3.63) is 83.3 Å². The van der Waals surface area contributed by atoms with Crippen molar-refractivity contribution in [1.82, 2.24) is 0 Å². The molecule has 0 saturated carbocycles. The van der Waals surface area contributed by atoms with Crippen LogP contribution in [-0.2, 0) is 0 Å². The van der Waals surface area contributed by atoms with Gasteiger partial charge in [-0.2, -0.15) is 0 Å². The van der Waals surface area contributed by atoms with Gasteiger partial charge in [0.25, 0.3) is 0 Å². The second-order valence-corrected chi connectivity index (χ2v) is 6.22. The van der Waals surface area contributed by atoms with Crippen molar-refractivity contribution in [2.24, 2.45) is 0 Å². The van der Waals surface area contributed by atoms with Gasteiger partial charge in [0, 0.05) is 17.0 Å². The summed E-state index contributed by atoms with van der Waals surface area (Å²) >= 11 is 0. The number of nitrogens with zero attached hydrogens (tertiary/aromatic N) is 1. The van der Waals surface area contributed by atoms with Gasteiger partial charge in [0.1, 0.15) is 0 Å². The number of aromatic amines is 1. The summed E-state index contributed by atoms with van der Waals surface area (Å²) in [5, 5.41) is 5.04. The van der Waals surface area contributed by atoms with Crippen molar-refractivity contribution in [1.29, 1.82) is 0 Å². The fourth-order valence-electron chi connectivity index (χ4n) is 3.45. The lowest BCUT2D eigenvalue weighted by atomic mass is 9.95. The second-order valence-electron chi connectivity index (χ2n) is 6.22. The molecule has 0 amide bonds. The number of pyridine rings is 1. The largest absolute Gasteiger partial charge is 0.238 e. The smallest absolute Gasteiger partial charge is 0.218 e. The van der Waals surface area contributed by atoms with Gasteiger partial charge in [-0.3, -0.25) is 0 Å². The number of H-pyrrole nitrogens is 1. The molecule has 2 heteroatoms. The molecule has 0 atom stereocenters. The Morgan fingerprint density at radius 3 is 2.29 bits per heavy atom. The molecule has 2 nitrogen and oxygen atoms in total. The molecule has 4 rings (SSSR count). The van der Waals surface area contributed by atoms with E-state index in [9.17, 15) is 0 Å². The summed E-state index contributed by atoms with van der Waals surface area (Å²) in [7, 11) is 0. The minimum atomic E-state index is 0.663. The van der Waals surface area contributed by atoms with Crippen LogP contribution in [0.2, 0.25) is 0 Å². The van der Waals surface area contributed by atoms with Crippen molar-refractivity contribution < 1.29 is 4.98 Å². The van der Waals surface area contributed by atoms with Crippen molar-refractivity contribution in [2.75, 3.05) is 0 Å². The summed E-state index contributed by atoms with van der Waals surface area (Å²) in [5.41, 5.74) is 5.43. The second kappa shape index (κ2) is 5.47. The van der Waals surface area contributed by atoms with Crippen LogP contribution in [0.15, 0.2) is 60.8 Å². The van der Waals surface area contributed by atoms with E-state index in [1.54, 1.807) is 0 Å². The fraction of sp³-hybridized carbons (Fsp3) is 0.0909. The van der Waals surface area contributed by atoms with Gasteiger partial charge in [0.2, 0.25) is 5.69 Å². The van der Waals surface area contributed by atoms with Crippen LogP contribution in [-0.4, -0.2) is 0 Å². The number of rotatable bonds is 1. The van der Waals surface area contributed by atoms with E-state index in [-0.39, 0.29) is 0 Å². The summed E-state index contributed by atoms with van der Waals surface area (Å²) in [5.74, 6) is 0. The van der Waals surface area contributed by atoms with Gasteiger partial charge < -0.3 is 0 Å². The number of nitrogens with one attached hydrogen (secondary N) is 1. The van der Waals surface area contributed by atoms with E-state index >= 15 is 0 Å². The molecule has 0 unspecified atom stereocenters. The van der Waals surface area contributed by atoms with Crippen molar-refractivity contribution in [3.63, 3.8) is 0 Å². The zero-order valence-electron chi connectivity index (χ0n) is 13.7. The maximum Gasteiger partial charge on any atom is 0.218 e. The number of benzene rings is 3. The van der Waals surface area contributed by atoms with Crippen LogP contribution in [0.3, 0.4) is 0 Å². The molecule has 114 valence electrons. The Balaban J connectivity index is 2.04. The Morgan fingerprint density at radius 1 is 0.792 bits per heavy atom. The van der Waals surface area contributed by atoms with Gasteiger partial charge in [-0.25, -0.2) is 9.83 Å². The van der Waals surface area contributed by atoms with Gasteiger partial charge in [0.05, 0.1) is 12.0 Å². The fourth-order valence-corrected chi connectivity index (χ4v) is 3.45. The van der Waals surface area contributed by atoms with Crippen LogP contribution in [0.5, 0.6) is 0 Å². The van der Waals surface area contributed by atoms with E-state index in [0.29, 0.717) is 5.69 Å². The zero-order chi connectivity index (χ0) is 16.7. The Labute approximate surface area is 141 Å². The highest BCUT2D eigenvalue weighted by atomic mass is 14.7. The highest BCUT2D eigenvalue weighted by Crippen LogP contribution is 2.32. The third-order valence-electron chi connectivity index (χ3n) is 4.56. The third-order valence-corrected chi connectivity index (χ3v) is 4.56. The average molecular weight is 309 g/mol. The molecule has 1 aromatic heterocycles. The van der Waals surface area contributed by atoms with Gasteiger partial charge in [0.15, 0.2) is 11.9 Å². The maximum atomic E-state index is 7.10. The summed E-state index contributed by atoms with van der Waals surface area (Å²) in [4.78, 5) is 6.85. The summed E-state index contributed by atoms with van der Waals surface area (Å²) in [6.07, 6.45) is 2.00. The average Bonchev–Trinajstić information content (AvgIpc) is 2.61. The van der Waals surface area contributed by atoms with Gasteiger partial charge in [-0.05, 0) is 36.2 Å². The Kier molecular flexibility index (Phi) is 3.29. The van der Waals surface area contributed by atoms with E-state index in [0.717, 1.165) is 11.3 Å². The standard InChI is InChI=1S/C22H16N2/c1-14-12-15(2)18-8-9-20-19(21(18)13-14)10-11-24-22(20)16-4-6-17(23-3)7-5-16/h4-13H,1-2H3/p+1. The number of hydrogen-bond acceptors (Lipinski definition) is 0. The summed E-state index contributed by atoms with van der Waals surface area (Å²) in [6, 6.07) is 18.8. The highest BCUT2D eigenvalue weighted by Gasteiger charge is 2.13. The SMILES string of the molecule is [C-]#[N+]c1ccc(-c2[nH+]ccc3c2ccc2c(C)cc(C)cc23)cc1. The minimum Gasteiger partial charge on any atom is -0.238 e. The predicted molar refractivity (Wildman–Crippen MR) is 99.2 cm³/mol.